The number of nitrogens with zero attached hydrogens (tertiary/aromatic N) is 2. The molecule has 1 aliphatic heterocycles. The fourth-order valence-electron chi connectivity index (χ4n) is 2.42. The average Bonchev–Trinajstić information content (AvgIpc) is 2.30. The van der Waals surface area contributed by atoms with Gasteiger partial charge in [0.25, 0.3) is 0 Å². The normalized spacial score (nSPS) is 24.1. The molecule has 1 rings (SSSR count). The quantitative estimate of drug-likeness (QED) is 0.718. The Morgan fingerprint density at radius 3 is 2.88 bits per heavy atom. The van der Waals surface area contributed by atoms with Crippen molar-refractivity contribution in [3.63, 3.8) is 0 Å². The molecule has 1 heterocycles. The lowest BCUT2D eigenvalue weighted by atomic mass is 9.94. The molecule has 3 nitrogen and oxygen atoms in total. The summed E-state index contributed by atoms with van der Waals surface area (Å²) >= 11 is 0. The predicted octanol–water partition coefficient (Wildman–Crippen LogP) is 2.51. The number of nitriles is 1. The van der Waals surface area contributed by atoms with Crippen LogP contribution in [-0.2, 0) is 4.79 Å². The topological polar surface area (TPSA) is 44.1 Å². The Balaban J connectivity index is 2.64. The van der Waals surface area contributed by atoms with Gasteiger partial charge in [-0.3, -0.25) is 9.69 Å². The zero-order chi connectivity index (χ0) is 12.0. The molecule has 90 valence electrons. The van der Waals surface area contributed by atoms with Crippen molar-refractivity contribution >= 4 is 5.78 Å². The number of hydrogen-bond donors (Lipinski definition) is 0. The van der Waals surface area contributed by atoms with Gasteiger partial charge in [-0.25, -0.2) is 0 Å². The summed E-state index contributed by atoms with van der Waals surface area (Å²) in [5, 5.41) is 9.10. The fourth-order valence-corrected chi connectivity index (χ4v) is 2.42. The second-order valence-corrected chi connectivity index (χ2v) is 4.60. The van der Waals surface area contributed by atoms with Crippen molar-refractivity contribution in [2.75, 3.05) is 6.54 Å². The number of carbonyl (C=O) groups excluding carboxylic acids is 1. The number of ketones is 1. The van der Waals surface area contributed by atoms with Crippen molar-refractivity contribution in [3.8, 4) is 6.07 Å². The summed E-state index contributed by atoms with van der Waals surface area (Å²) < 4.78 is 0. The Bertz CT molecular complexity index is 270. The Kier molecular flexibility index (Phi) is 5.48. The van der Waals surface area contributed by atoms with Gasteiger partial charge >= 0.3 is 0 Å². The highest BCUT2D eigenvalue weighted by atomic mass is 16.1. The number of unbranched alkanes of at least 4 members (excludes halogenated alkanes) is 1. The molecule has 0 spiro atoms. The van der Waals surface area contributed by atoms with Crippen molar-refractivity contribution < 1.29 is 4.79 Å². The maximum atomic E-state index is 11.5. The Morgan fingerprint density at radius 2 is 2.31 bits per heavy atom. The highest BCUT2D eigenvalue weighted by molar-refractivity contribution is 5.81. The smallest absolute Gasteiger partial charge is 0.146 e. The molecule has 0 radical (unpaired) electrons. The minimum absolute atomic E-state index is 0.0777. The number of rotatable bonds is 5. The summed E-state index contributed by atoms with van der Waals surface area (Å²) in [6.45, 7) is 4.68. The van der Waals surface area contributed by atoms with Crippen LogP contribution in [0.2, 0.25) is 0 Å². The molecule has 0 aromatic rings. The van der Waals surface area contributed by atoms with Gasteiger partial charge in [0.15, 0.2) is 0 Å². The van der Waals surface area contributed by atoms with Crippen LogP contribution in [0.4, 0.5) is 0 Å². The monoisotopic (exact) mass is 222 g/mol. The van der Waals surface area contributed by atoms with E-state index in [1.165, 1.54) is 12.8 Å². The molecule has 0 saturated carbocycles. The third-order valence-electron chi connectivity index (χ3n) is 3.41. The number of carbonyl (C=O) groups is 1. The number of Topliss-reactive ketones (excluding diaryl/α,β-unsaturated/α-hetero) is 1. The summed E-state index contributed by atoms with van der Waals surface area (Å²) in [6.07, 6.45) is 5.96. The molecule has 0 amide bonds. The molecule has 0 aliphatic carbocycles. The van der Waals surface area contributed by atoms with Crippen LogP contribution in [-0.4, -0.2) is 29.3 Å². The summed E-state index contributed by atoms with van der Waals surface area (Å²) in [4.78, 5) is 13.6. The Hall–Kier alpha value is -0.880. The predicted molar refractivity (Wildman–Crippen MR) is 64.0 cm³/mol. The maximum Gasteiger partial charge on any atom is 0.146 e. The summed E-state index contributed by atoms with van der Waals surface area (Å²) in [7, 11) is 0. The van der Waals surface area contributed by atoms with Gasteiger partial charge in [-0.05, 0) is 19.3 Å². The lowest BCUT2D eigenvalue weighted by Crippen LogP contribution is -2.48. The average molecular weight is 222 g/mol. The highest BCUT2D eigenvalue weighted by Crippen LogP contribution is 2.23. The van der Waals surface area contributed by atoms with E-state index in [1.54, 1.807) is 0 Å². The Labute approximate surface area is 98.4 Å². The van der Waals surface area contributed by atoms with E-state index < -0.39 is 0 Å². The van der Waals surface area contributed by atoms with Crippen LogP contribution in [0.5, 0.6) is 0 Å². The number of piperidine rings is 1. The van der Waals surface area contributed by atoms with E-state index in [0.29, 0.717) is 24.8 Å². The van der Waals surface area contributed by atoms with Gasteiger partial charge in [-0.1, -0.05) is 26.7 Å². The molecule has 3 heteroatoms. The van der Waals surface area contributed by atoms with Crippen LogP contribution in [0.1, 0.15) is 52.4 Å². The Morgan fingerprint density at radius 1 is 1.56 bits per heavy atom. The molecule has 2 unspecified atom stereocenters. The molecule has 0 bridgehead atoms. The number of hydrogen-bond acceptors (Lipinski definition) is 3. The largest absolute Gasteiger partial charge is 0.298 e. The SMILES string of the molecule is CCCCC1CCC(=O)CN1C(C#N)CC. The summed E-state index contributed by atoms with van der Waals surface area (Å²) in [6, 6.07) is 2.69. The highest BCUT2D eigenvalue weighted by Gasteiger charge is 2.30. The molecule has 0 aromatic carbocycles. The van der Waals surface area contributed by atoms with Crippen LogP contribution in [0, 0.1) is 11.3 Å². The molecule has 1 fully saturated rings. The van der Waals surface area contributed by atoms with Crippen molar-refractivity contribution in [2.45, 2.75) is 64.5 Å². The van der Waals surface area contributed by atoms with E-state index in [9.17, 15) is 4.79 Å². The van der Waals surface area contributed by atoms with Gasteiger partial charge in [0, 0.05) is 12.5 Å². The third kappa shape index (κ3) is 3.31. The fraction of sp³-hybridized carbons (Fsp3) is 0.846. The standard InChI is InChI=1S/C13H22N2O/c1-3-5-6-12-7-8-13(16)10-15(12)11(4-2)9-14/h11-12H,3-8,10H2,1-2H3. The van der Waals surface area contributed by atoms with Crippen molar-refractivity contribution in [2.24, 2.45) is 0 Å². The van der Waals surface area contributed by atoms with E-state index in [2.05, 4.69) is 17.9 Å². The van der Waals surface area contributed by atoms with Gasteiger partial charge in [0.1, 0.15) is 5.78 Å². The first-order valence-corrected chi connectivity index (χ1v) is 6.40. The van der Waals surface area contributed by atoms with Crippen LogP contribution in [0.25, 0.3) is 0 Å². The molecular formula is C13H22N2O. The summed E-state index contributed by atoms with van der Waals surface area (Å²) in [5.74, 6) is 0.293. The van der Waals surface area contributed by atoms with Crippen LogP contribution < -0.4 is 0 Å². The van der Waals surface area contributed by atoms with Crippen molar-refractivity contribution in [1.82, 2.24) is 4.90 Å². The first kappa shape index (κ1) is 13.2. The zero-order valence-corrected chi connectivity index (χ0v) is 10.4. The minimum atomic E-state index is -0.0777. The van der Waals surface area contributed by atoms with Gasteiger partial charge in [0.2, 0.25) is 0 Å². The van der Waals surface area contributed by atoms with Gasteiger partial charge in [-0.2, -0.15) is 5.26 Å². The van der Waals surface area contributed by atoms with E-state index in [0.717, 1.165) is 19.3 Å². The van der Waals surface area contributed by atoms with E-state index in [4.69, 9.17) is 5.26 Å². The second kappa shape index (κ2) is 6.65. The van der Waals surface area contributed by atoms with Gasteiger partial charge in [-0.15, -0.1) is 0 Å². The molecule has 2 atom stereocenters. The molecule has 0 aromatic heterocycles. The van der Waals surface area contributed by atoms with Crippen LogP contribution >= 0.6 is 0 Å². The molecule has 16 heavy (non-hydrogen) atoms. The van der Waals surface area contributed by atoms with Crippen LogP contribution in [0.3, 0.4) is 0 Å². The first-order valence-electron chi connectivity index (χ1n) is 6.40. The minimum Gasteiger partial charge on any atom is -0.298 e. The number of likely N-dealkylation sites (tertiary alicyclic amines) is 1. The van der Waals surface area contributed by atoms with E-state index >= 15 is 0 Å². The van der Waals surface area contributed by atoms with E-state index in [-0.39, 0.29) is 6.04 Å². The van der Waals surface area contributed by atoms with Gasteiger partial charge in [0.05, 0.1) is 18.7 Å². The van der Waals surface area contributed by atoms with Crippen molar-refractivity contribution in [1.29, 1.82) is 5.26 Å². The lowest BCUT2D eigenvalue weighted by molar-refractivity contribution is -0.124. The molecule has 1 aliphatic rings. The second-order valence-electron chi connectivity index (χ2n) is 4.60. The van der Waals surface area contributed by atoms with E-state index in [1.807, 2.05) is 6.92 Å². The molecule has 0 N–H and O–H groups in total. The van der Waals surface area contributed by atoms with Gasteiger partial charge < -0.3 is 0 Å². The molecular weight excluding hydrogens is 200 g/mol. The van der Waals surface area contributed by atoms with Crippen molar-refractivity contribution in [3.05, 3.63) is 0 Å². The maximum absolute atomic E-state index is 11.5. The molecule has 1 saturated heterocycles. The first-order chi connectivity index (χ1) is 7.72. The third-order valence-corrected chi connectivity index (χ3v) is 3.41. The summed E-state index contributed by atoms with van der Waals surface area (Å²) in [5.41, 5.74) is 0. The lowest BCUT2D eigenvalue weighted by Gasteiger charge is -2.37. The van der Waals surface area contributed by atoms with Crippen LogP contribution in [0.15, 0.2) is 0 Å². The zero-order valence-electron chi connectivity index (χ0n) is 10.4.